The Bertz CT molecular complexity index is 687. The van der Waals surface area contributed by atoms with Crippen LogP contribution in [0.15, 0.2) is 36.5 Å². The summed E-state index contributed by atoms with van der Waals surface area (Å²) in [6.07, 6.45) is 1.28. The van der Waals surface area contributed by atoms with Crippen LogP contribution in [0.5, 0.6) is 0 Å². The minimum Gasteiger partial charge on any atom is -0.477 e. The lowest BCUT2D eigenvalue weighted by atomic mass is 10.2. The largest absolute Gasteiger partial charge is 0.477 e. The van der Waals surface area contributed by atoms with E-state index >= 15 is 0 Å². The highest BCUT2D eigenvalue weighted by Gasteiger charge is 2.14. The van der Waals surface area contributed by atoms with Crippen molar-refractivity contribution in [2.75, 3.05) is 0 Å². The van der Waals surface area contributed by atoms with Crippen LogP contribution in [0.4, 0.5) is 8.78 Å². The first kappa shape index (κ1) is 14.6. The number of pyridine rings is 1. The summed E-state index contributed by atoms with van der Waals surface area (Å²) in [7, 11) is 0. The predicted octanol–water partition coefficient (Wildman–Crippen LogP) is 1.99. The third kappa shape index (κ3) is 3.38. The molecular weight excluding hydrogens is 282 g/mol. The Morgan fingerprint density at radius 2 is 1.95 bits per heavy atom. The summed E-state index contributed by atoms with van der Waals surface area (Å²) in [6, 6.07) is 6.07. The van der Waals surface area contributed by atoms with Gasteiger partial charge in [-0.25, -0.2) is 18.6 Å². The number of nitrogens with one attached hydrogen (secondary N) is 1. The molecule has 0 aliphatic carbocycles. The maximum Gasteiger partial charge on any atom is 0.354 e. The van der Waals surface area contributed by atoms with E-state index in [4.69, 9.17) is 5.11 Å². The van der Waals surface area contributed by atoms with Gasteiger partial charge in [0.05, 0.1) is 5.56 Å². The van der Waals surface area contributed by atoms with Crippen LogP contribution in [0.2, 0.25) is 0 Å². The van der Waals surface area contributed by atoms with Crippen LogP contribution in [-0.4, -0.2) is 22.0 Å². The van der Waals surface area contributed by atoms with E-state index in [1.54, 1.807) is 0 Å². The van der Waals surface area contributed by atoms with Crippen molar-refractivity contribution in [3.8, 4) is 0 Å². The molecule has 0 saturated carbocycles. The monoisotopic (exact) mass is 292 g/mol. The second-order valence-electron chi connectivity index (χ2n) is 4.14. The minimum absolute atomic E-state index is 0.0156. The molecule has 21 heavy (non-hydrogen) atoms. The zero-order valence-corrected chi connectivity index (χ0v) is 10.6. The van der Waals surface area contributed by atoms with E-state index in [2.05, 4.69) is 10.3 Å². The lowest BCUT2D eigenvalue weighted by Gasteiger charge is -2.06. The van der Waals surface area contributed by atoms with Crippen LogP contribution in [-0.2, 0) is 6.54 Å². The normalized spacial score (nSPS) is 10.2. The van der Waals surface area contributed by atoms with Gasteiger partial charge in [0.25, 0.3) is 5.91 Å². The van der Waals surface area contributed by atoms with E-state index in [9.17, 15) is 18.4 Å². The maximum absolute atomic E-state index is 13.4. The molecule has 108 valence electrons. The van der Waals surface area contributed by atoms with Gasteiger partial charge in [0.2, 0.25) is 0 Å². The molecule has 1 aromatic heterocycles. The van der Waals surface area contributed by atoms with Gasteiger partial charge in [-0.3, -0.25) is 4.79 Å². The summed E-state index contributed by atoms with van der Waals surface area (Å²) in [5, 5.41) is 11.1. The Labute approximate surface area is 118 Å². The fraction of sp³-hybridized carbons (Fsp3) is 0.0714. The number of hydrogen-bond acceptors (Lipinski definition) is 3. The molecule has 0 aliphatic rings. The van der Waals surface area contributed by atoms with E-state index in [0.29, 0.717) is 5.56 Å². The van der Waals surface area contributed by atoms with Crippen LogP contribution in [0.1, 0.15) is 26.4 Å². The van der Waals surface area contributed by atoms with Crippen LogP contribution in [0.3, 0.4) is 0 Å². The van der Waals surface area contributed by atoms with E-state index in [0.717, 1.165) is 6.07 Å². The van der Waals surface area contributed by atoms with E-state index < -0.39 is 29.1 Å². The average Bonchev–Trinajstić information content (AvgIpc) is 2.48. The van der Waals surface area contributed by atoms with Crippen molar-refractivity contribution in [3.63, 3.8) is 0 Å². The van der Waals surface area contributed by atoms with Gasteiger partial charge in [-0.2, -0.15) is 0 Å². The molecule has 0 saturated heterocycles. The number of rotatable bonds is 4. The van der Waals surface area contributed by atoms with E-state index in [1.807, 2.05) is 0 Å². The summed E-state index contributed by atoms with van der Waals surface area (Å²) < 4.78 is 26.4. The fourth-order valence-corrected chi connectivity index (χ4v) is 1.61. The first-order chi connectivity index (χ1) is 9.99. The number of nitrogens with zero attached hydrogens (tertiary/aromatic N) is 1. The molecule has 2 aromatic rings. The fourth-order valence-electron chi connectivity index (χ4n) is 1.61. The molecule has 0 radical (unpaired) electrons. The molecular formula is C14H10F2N2O3. The van der Waals surface area contributed by atoms with Crippen molar-refractivity contribution in [1.82, 2.24) is 10.3 Å². The minimum atomic E-state index is -1.21. The average molecular weight is 292 g/mol. The molecule has 0 spiro atoms. The number of carboxylic acid groups (broad SMARTS) is 1. The van der Waals surface area contributed by atoms with Gasteiger partial charge in [-0.15, -0.1) is 0 Å². The number of amides is 1. The Kier molecular flexibility index (Phi) is 4.22. The predicted molar refractivity (Wildman–Crippen MR) is 68.7 cm³/mol. The third-order valence-corrected chi connectivity index (χ3v) is 2.69. The van der Waals surface area contributed by atoms with Crippen LogP contribution in [0, 0.1) is 11.6 Å². The molecule has 0 aliphatic heterocycles. The van der Waals surface area contributed by atoms with Gasteiger partial charge >= 0.3 is 5.97 Å². The molecule has 0 unspecified atom stereocenters. The molecule has 0 fully saturated rings. The van der Waals surface area contributed by atoms with Crippen LogP contribution >= 0.6 is 0 Å². The molecule has 1 heterocycles. The number of halogens is 2. The second kappa shape index (κ2) is 6.08. The Morgan fingerprint density at radius 3 is 2.57 bits per heavy atom. The second-order valence-corrected chi connectivity index (χ2v) is 4.14. The topological polar surface area (TPSA) is 79.3 Å². The quantitative estimate of drug-likeness (QED) is 0.903. The molecule has 7 heteroatoms. The molecule has 1 amide bonds. The highest BCUT2D eigenvalue weighted by Crippen LogP contribution is 2.11. The summed E-state index contributed by atoms with van der Waals surface area (Å²) in [4.78, 5) is 26.0. The van der Waals surface area contributed by atoms with Crippen LogP contribution in [0.25, 0.3) is 0 Å². The molecule has 0 bridgehead atoms. The number of carbonyl (C=O) groups is 2. The van der Waals surface area contributed by atoms with Crippen molar-refractivity contribution in [2.24, 2.45) is 0 Å². The highest BCUT2D eigenvalue weighted by atomic mass is 19.2. The lowest BCUT2D eigenvalue weighted by Crippen LogP contribution is -2.24. The zero-order chi connectivity index (χ0) is 15.4. The number of carboxylic acids is 1. The van der Waals surface area contributed by atoms with Gasteiger partial charge in [-0.1, -0.05) is 12.1 Å². The van der Waals surface area contributed by atoms with Gasteiger partial charge in [0.15, 0.2) is 11.6 Å². The smallest absolute Gasteiger partial charge is 0.354 e. The first-order valence-corrected chi connectivity index (χ1v) is 5.89. The van der Waals surface area contributed by atoms with Crippen molar-refractivity contribution < 1.29 is 23.5 Å². The summed E-state index contributed by atoms with van der Waals surface area (Å²) in [5.74, 6) is -4.24. The summed E-state index contributed by atoms with van der Waals surface area (Å²) >= 11 is 0. The number of aromatic nitrogens is 1. The standard InChI is InChI=1S/C14H10F2N2O3/c15-10-3-1-2-9(12(10)16)13(19)18-7-8-4-5-11(14(20)21)17-6-8/h1-6H,7H2,(H,18,19)(H,20,21). The number of carbonyl (C=O) groups excluding carboxylic acids is 1. The number of hydrogen-bond donors (Lipinski definition) is 2. The zero-order valence-electron chi connectivity index (χ0n) is 10.6. The lowest BCUT2D eigenvalue weighted by molar-refractivity contribution is 0.0690. The maximum atomic E-state index is 13.4. The van der Waals surface area contributed by atoms with Crippen molar-refractivity contribution >= 4 is 11.9 Å². The Hall–Kier alpha value is -2.83. The SMILES string of the molecule is O=C(O)c1ccc(CNC(=O)c2cccc(F)c2F)cn1. The van der Waals surface area contributed by atoms with Crippen molar-refractivity contribution in [2.45, 2.75) is 6.54 Å². The molecule has 1 aromatic carbocycles. The van der Waals surface area contributed by atoms with E-state index in [-0.39, 0.29) is 12.2 Å². The molecule has 2 rings (SSSR count). The van der Waals surface area contributed by atoms with Gasteiger partial charge in [0.1, 0.15) is 5.69 Å². The highest BCUT2D eigenvalue weighted by molar-refractivity contribution is 5.94. The van der Waals surface area contributed by atoms with Gasteiger partial charge < -0.3 is 10.4 Å². The van der Waals surface area contributed by atoms with Gasteiger partial charge in [-0.05, 0) is 23.8 Å². The first-order valence-electron chi connectivity index (χ1n) is 5.89. The van der Waals surface area contributed by atoms with Crippen LogP contribution < -0.4 is 5.32 Å². The molecule has 0 atom stereocenters. The number of aromatic carboxylic acids is 1. The van der Waals surface area contributed by atoms with Crippen molar-refractivity contribution in [3.05, 3.63) is 65.0 Å². The summed E-state index contributed by atoms with van der Waals surface area (Å²) in [6.45, 7) is 0.0156. The number of benzene rings is 1. The summed E-state index contributed by atoms with van der Waals surface area (Å²) in [5.41, 5.74) is 0.0107. The molecule has 5 nitrogen and oxygen atoms in total. The Balaban J connectivity index is 2.04. The van der Waals surface area contributed by atoms with Gasteiger partial charge in [0, 0.05) is 12.7 Å². The third-order valence-electron chi connectivity index (χ3n) is 2.69. The van der Waals surface area contributed by atoms with Crippen molar-refractivity contribution in [1.29, 1.82) is 0 Å². The Morgan fingerprint density at radius 1 is 1.19 bits per heavy atom. The van der Waals surface area contributed by atoms with E-state index in [1.165, 1.54) is 30.5 Å². The molecule has 2 N–H and O–H groups in total.